The molecule has 164 valence electrons. The summed E-state index contributed by atoms with van der Waals surface area (Å²) < 4.78 is 11.3. The number of hydrogen-bond acceptors (Lipinski definition) is 5. The summed E-state index contributed by atoms with van der Waals surface area (Å²) >= 11 is 12.0. The molecule has 1 saturated heterocycles. The second kappa shape index (κ2) is 8.26. The molecule has 6 nitrogen and oxygen atoms in total. The number of imide groups is 1. The summed E-state index contributed by atoms with van der Waals surface area (Å²) in [6, 6.07) is 10.6. The molecule has 5 rings (SSSR count). The van der Waals surface area contributed by atoms with Crippen LogP contribution in [0, 0.1) is 23.7 Å². The Morgan fingerprint density at radius 3 is 2.38 bits per heavy atom. The number of carbonyl (C=O) groups excluding carboxylic acids is 2. The van der Waals surface area contributed by atoms with Crippen molar-refractivity contribution in [1.29, 1.82) is 0 Å². The molecule has 3 aliphatic rings. The zero-order chi connectivity index (χ0) is 22.4. The molecule has 0 radical (unpaired) electrons. The Morgan fingerprint density at radius 2 is 1.72 bits per heavy atom. The van der Waals surface area contributed by atoms with Crippen LogP contribution in [0.4, 0.5) is 0 Å². The zero-order valence-corrected chi connectivity index (χ0v) is 18.7. The lowest BCUT2D eigenvalue weighted by Crippen LogP contribution is -2.28. The van der Waals surface area contributed by atoms with Crippen LogP contribution in [-0.4, -0.2) is 30.1 Å². The Hall–Kier alpha value is -2.83. The van der Waals surface area contributed by atoms with Crippen molar-refractivity contribution in [2.75, 3.05) is 7.11 Å². The van der Waals surface area contributed by atoms with Gasteiger partial charge in [-0.1, -0.05) is 41.4 Å². The number of hydrazone groups is 1. The van der Waals surface area contributed by atoms with E-state index in [1.807, 2.05) is 6.07 Å². The van der Waals surface area contributed by atoms with Gasteiger partial charge in [0, 0.05) is 0 Å². The predicted octanol–water partition coefficient (Wildman–Crippen LogP) is 4.72. The van der Waals surface area contributed by atoms with Crippen molar-refractivity contribution in [3.8, 4) is 11.5 Å². The van der Waals surface area contributed by atoms with E-state index >= 15 is 0 Å². The van der Waals surface area contributed by atoms with Gasteiger partial charge in [-0.3, -0.25) is 9.59 Å². The summed E-state index contributed by atoms with van der Waals surface area (Å²) in [7, 11) is 1.54. The van der Waals surface area contributed by atoms with Crippen molar-refractivity contribution < 1.29 is 19.1 Å². The van der Waals surface area contributed by atoms with Crippen molar-refractivity contribution >= 4 is 41.2 Å². The Labute approximate surface area is 195 Å². The fourth-order valence-electron chi connectivity index (χ4n) is 4.80. The second-order valence-electron chi connectivity index (χ2n) is 8.18. The van der Waals surface area contributed by atoms with Crippen LogP contribution in [0.3, 0.4) is 0 Å². The van der Waals surface area contributed by atoms with E-state index in [9.17, 15) is 9.59 Å². The average molecular weight is 471 g/mol. The largest absolute Gasteiger partial charge is 0.493 e. The van der Waals surface area contributed by atoms with E-state index in [-0.39, 0.29) is 42.1 Å². The van der Waals surface area contributed by atoms with Crippen LogP contribution in [0.25, 0.3) is 0 Å². The van der Waals surface area contributed by atoms with Crippen LogP contribution in [0.2, 0.25) is 10.0 Å². The molecule has 1 aliphatic heterocycles. The number of ether oxygens (including phenoxy) is 2. The molecule has 2 bridgehead atoms. The van der Waals surface area contributed by atoms with E-state index in [4.69, 9.17) is 32.7 Å². The first-order valence-electron chi connectivity index (χ1n) is 10.3. The fourth-order valence-corrected chi connectivity index (χ4v) is 5.12. The number of methoxy groups -OCH3 is 1. The highest BCUT2D eigenvalue weighted by atomic mass is 35.5. The fraction of sp³-hybridized carbons (Fsp3) is 0.292. The summed E-state index contributed by atoms with van der Waals surface area (Å²) in [5.74, 6) is 0.432. The van der Waals surface area contributed by atoms with Gasteiger partial charge in [0.15, 0.2) is 11.5 Å². The molecular weight excluding hydrogens is 451 g/mol. The van der Waals surface area contributed by atoms with Crippen molar-refractivity contribution in [3.63, 3.8) is 0 Å². The summed E-state index contributed by atoms with van der Waals surface area (Å²) in [4.78, 5) is 25.5. The van der Waals surface area contributed by atoms with Crippen LogP contribution in [0.15, 0.2) is 53.7 Å². The van der Waals surface area contributed by atoms with Gasteiger partial charge in [0.1, 0.15) is 6.61 Å². The summed E-state index contributed by atoms with van der Waals surface area (Å²) in [5.41, 5.74) is 1.55. The van der Waals surface area contributed by atoms with Crippen LogP contribution in [-0.2, 0) is 16.2 Å². The van der Waals surface area contributed by atoms with Crippen LogP contribution in [0.5, 0.6) is 11.5 Å². The van der Waals surface area contributed by atoms with E-state index in [2.05, 4.69) is 17.3 Å². The first-order valence-corrected chi connectivity index (χ1v) is 11.1. The minimum atomic E-state index is -0.263. The highest BCUT2D eigenvalue weighted by Crippen LogP contribution is 2.52. The van der Waals surface area contributed by atoms with E-state index in [1.165, 1.54) is 6.21 Å². The Kier molecular flexibility index (Phi) is 5.43. The monoisotopic (exact) mass is 470 g/mol. The third-order valence-corrected chi connectivity index (χ3v) is 7.07. The minimum absolute atomic E-state index is 0.161. The standard InChI is InChI=1S/C24H20Cl2N2O4/c1-31-20-9-13(3-7-19(20)32-12-14-2-6-17(25)18(26)8-14)11-27-28-23(29)21-15-4-5-16(10-15)22(21)24(28)30/h2-9,11,15-16,21-22H,10,12H2,1H3. The van der Waals surface area contributed by atoms with Crippen molar-refractivity contribution in [3.05, 3.63) is 69.7 Å². The van der Waals surface area contributed by atoms with E-state index < -0.39 is 0 Å². The molecule has 4 atom stereocenters. The van der Waals surface area contributed by atoms with Crippen molar-refractivity contribution in [2.45, 2.75) is 13.0 Å². The third kappa shape index (κ3) is 3.57. The molecule has 0 aromatic heterocycles. The SMILES string of the molecule is COc1cc(C=NN2C(=O)C3C4C=CC(C4)C3C2=O)ccc1OCc1ccc(Cl)c(Cl)c1. The van der Waals surface area contributed by atoms with Gasteiger partial charge >= 0.3 is 0 Å². The first kappa shape index (κ1) is 21.0. The Balaban J connectivity index is 1.29. The van der Waals surface area contributed by atoms with Gasteiger partial charge in [-0.15, -0.1) is 0 Å². The maximum atomic E-state index is 12.7. The molecule has 1 heterocycles. The van der Waals surface area contributed by atoms with Gasteiger partial charge in [0.2, 0.25) is 0 Å². The predicted molar refractivity (Wildman–Crippen MR) is 121 cm³/mol. The zero-order valence-electron chi connectivity index (χ0n) is 17.2. The van der Waals surface area contributed by atoms with Gasteiger partial charge in [-0.25, -0.2) is 0 Å². The number of halogens is 2. The molecule has 0 spiro atoms. The topological polar surface area (TPSA) is 68.2 Å². The average Bonchev–Trinajstić information content (AvgIpc) is 3.47. The molecule has 2 amide bonds. The van der Waals surface area contributed by atoms with Crippen molar-refractivity contribution in [2.24, 2.45) is 28.8 Å². The molecule has 4 unspecified atom stereocenters. The van der Waals surface area contributed by atoms with Gasteiger partial charge < -0.3 is 9.47 Å². The van der Waals surface area contributed by atoms with Gasteiger partial charge in [-0.05, 0) is 59.7 Å². The molecule has 32 heavy (non-hydrogen) atoms. The number of allylic oxidation sites excluding steroid dienone is 2. The van der Waals surface area contributed by atoms with E-state index in [1.54, 1.807) is 37.4 Å². The lowest BCUT2D eigenvalue weighted by atomic mass is 9.85. The lowest BCUT2D eigenvalue weighted by molar-refractivity contribution is -0.140. The molecule has 2 aromatic carbocycles. The van der Waals surface area contributed by atoms with E-state index in [0.29, 0.717) is 27.1 Å². The molecule has 2 aliphatic carbocycles. The highest BCUT2D eigenvalue weighted by Gasteiger charge is 2.59. The third-order valence-electron chi connectivity index (χ3n) is 6.34. The molecule has 1 saturated carbocycles. The summed E-state index contributed by atoms with van der Waals surface area (Å²) in [6.07, 6.45) is 6.51. The summed E-state index contributed by atoms with van der Waals surface area (Å²) in [6.45, 7) is 0.288. The maximum absolute atomic E-state index is 12.7. The lowest BCUT2D eigenvalue weighted by Gasteiger charge is -2.13. The number of amides is 2. The second-order valence-corrected chi connectivity index (χ2v) is 8.99. The quantitative estimate of drug-likeness (QED) is 0.347. The number of fused-ring (bicyclic) bond motifs is 5. The Bertz CT molecular complexity index is 1130. The Morgan fingerprint density at radius 1 is 1.00 bits per heavy atom. The highest BCUT2D eigenvalue weighted by molar-refractivity contribution is 6.42. The van der Waals surface area contributed by atoms with Crippen LogP contribution >= 0.6 is 23.2 Å². The first-order chi connectivity index (χ1) is 15.5. The molecule has 2 aromatic rings. The smallest absolute Gasteiger partial charge is 0.254 e. The van der Waals surface area contributed by atoms with Gasteiger partial charge in [0.05, 0.1) is 35.2 Å². The molecule has 8 heteroatoms. The van der Waals surface area contributed by atoms with Gasteiger partial charge in [-0.2, -0.15) is 10.1 Å². The molecule has 0 N–H and O–H groups in total. The van der Waals surface area contributed by atoms with Crippen LogP contribution < -0.4 is 9.47 Å². The number of benzene rings is 2. The number of nitrogens with zero attached hydrogens (tertiary/aromatic N) is 2. The molecule has 2 fully saturated rings. The number of rotatable bonds is 6. The van der Waals surface area contributed by atoms with Crippen molar-refractivity contribution in [1.82, 2.24) is 5.01 Å². The van der Waals surface area contributed by atoms with Gasteiger partial charge in [0.25, 0.3) is 11.8 Å². The normalized spacial score (nSPS) is 25.8. The summed E-state index contributed by atoms with van der Waals surface area (Å²) in [5, 5.41) is 6.19. The minimum Gasteiger partial charge on any atom is -0.493 e. The maximum Gasteiger partial charge on any atom is 0.254 e. The molecular formula is C24H20Cl2N2O4. The van der Waals surface area contributed by atoms with E-state index in [0.717, 1.165) is 17.0 Å². The number of hydrogen-bond donors (Lipinski definition) is 0. The van der Waals surface area contributed by atoms with Crippen LogP contribution in [0.1, 0.15) is 17.5 Å². The number of carbonyl (C=O) groups is 2.